The Bertz CT molecular complexity index is 582. The second-order valence-corrected chi connectivity index (χ2v) is 3.68. The van der Waals surface area contributed by atoms with Crippen molar-refractivity contribution in [2.24, 2.45) is 0 Å². The van der Waals surface area contributed by atoms with Gasteiger partial charge in [-0.15, -0.1) is 0 Å². The molecule has 0 aliphatic heterocycles. The Hall–Kier alpha value is -2.43. The van der Waals surface area contributed by atoms with Crippen LogP contribution in [-0.2, 0) is 0 Å². The SMILES string of the molecule is Cc1cc(-c2cc(O)cc([N+](=O)[O-])c2)ccn1. The van der Waals surface area contributed by atoms with Crippen molar-refractivity contribution < 1.29 is 10.0 Å². The molecule has 1 aromatic carbocycles. The third kappa shape index (κ3) is 2.39. The minimum absolute atomic E-state index is 0.122. The van der Waals surface area contributed by atoms with Crippen molar-refractivity contribution in [3.63, 3.8) is 0 Å². The van der Waals surface area contributed by atoms with E-state index in [1.54, 1.807) is 18.3 Å². The molecule has 0 aliphatic carbocycles. The van der Waals surface area contributed by atoms with Crippen LogP contribution < -0.4 is 0 Å². The third-order valence-electron chi connectivity index (χ3n) is 2.34. The van der Waals surface area contributed by atoms with Gasteiger partial charge in [0.1, 0.15) is 5.75 Å². The third-order valence-corrected chi connectivity index (χ3v) is 2.34. The molecular weight excluding hydrogens is 220 g/mol. The smallest absolute Gasteiger partial charge is 0.273 e. The summed E-state index contributed by atoms with van der Waals surface area (Å²) in [5, 5.41) is 20.1. The topological polar surface area (TPSA) is 76.3 Å². The van der Waals surface area contributed by atoms with E-state index in [1.165, 1.54) is 12.1 Å². The summed E-state index contributed by atoms with van der Waals surface area (Å²) in [4.78, 5) is 14.2. The fraction of sp³-hybridized carbons (Fsp3) is 0.0833. The maximum absolute atomic E-state index is 10.7. The molecule has 17 heavy (non-hydrogen) atoms. The molecule has 0 amide bonds. The quantitative estimate of drug-likeness (QED) is 0.635. The van der Waals surface area contributed by atoms with Crippen LogP contribution in [0.2, 0.25) is 0 Å². The van der Waals surface area contributed by atoms with Gasteiger partial charge in [0.25, 0.3) is 5.69 Å². The summed E-state index contributed by atoms with van der Waals surface area (Å²) in [7, 11) is 0. The zero-order valence-electron chi connectivity index (χ0n) is 9.12. The fourth-order valence-corrected chi connectivity index (χ4v) is 1.59. The van der Waals surface area contributed by atoms with Gasteiger partial charge in [0, 0.05) is 18.0 Å². The minimum atomic E-state index is -0.530. The molecule has 2 rings (SSSR count). The first-order valence-corrected chi connectivity index (χ1v) is 4.98. The number of phenolic OH excluding ortho intramolecular Hbond substituents is 1. The van der Waals surface area contributed by atoms with Crippen molar-refractivity contribution in [1.29, 1.82) is 0 Å². The number of hydrogen-bond donors (Lipinski definition) is 1. The van der Waals surface area contributed by atoms with Gasteiger partial charge in [0.2, 0.25) is 0 Å². The van der Waals surface area contributed by atoms with E-state index in [4.69, 9.17) is 0 Å². The summed E-state index contributed by atoms with van der Waals surface area (Å²) in [5.74, 6) is -0.122. The minimum Gasteiger partial charge on any atom is -0.508 e. The summed E-state index contributed by atoms with van der Waals surface area (Å²) in [6, 6.07) is 7.58. The highest BCUT2D eigenvalue weighted by molar-refractivity contribution is 5.68. The largest absolute Gasteiger partial charge is 0.508 e. The van der Waals surface area contributed by atoms with E-state index in [-0.39, 0.29) is 11.4 Å². The molecule has 0 spiro atoms. The Morgan fingerprint density at radius 2 is 2.00 bits per heavy atom. The summed E-state index contributed by atoms with van der Waals surface area (Å²) in [6.07, 6.45) is 1.63. The number of non-ortho nitro benzene ring substituents is 1. The normalized spacial score (nSPS) is 10.2. The Morgan fingerprint density at radius 3 is 2.65 bits per heavy atom. The van der Waals surface area contributed by atoms with Crippen LogP contribution in [-0.4, -0.2) is 15.0 Å². The predicted molar refractivity (Wildman–Crippen MR) is 62.7 cm³/mol. The highest BCUT2D eigenvalue weighted by atomic mass is 16.6. The lowest BCUT2D eigenvalue weighted by atomic mass is 10.1. The molecule has 0 atom stereocenters. The van der Waals surface area contributed by atoms with Crippen LogP contribution in [0.15, 0.2) is 36.5 Å². The number of aromatic nitrogens is 1. The van der Waals surface area contributed by atoms with Crippen LogP contribution >= 0.6 is 0 Å². The molecule has 0 aliphatic rings. The van der Waals surface area contributed by atoms with E-state index < -0.39 is 4.92 Å². The average molecular weight is 230 g/mol. The van der Waals surface area contributed by atoms with Gasteiger partial charge in [-0.05, 0) is 36.2 Å². The standard InChI is InChI=1S/C12H10N2O3/c1-8-4-9(2-3-13-8)10-5-11(14(16)17)7-12(15)6-10/h2-7,15H,1H3. The summed E-state index contributed by atoms with van der Waals surface area (Å²) in [5.41, 5.74) is 2.07. The van der Waals surface area contributed by atoms with Gasteiger partial charge in [0.15, 0.2) is 0 Å². The van der Waals surface area contributed by atoms with Gasteiger partial charge in [0.05, 0.1) is 11.0 Å². The number of rotatable bonds is 2. The molecule has 0 bridgehead atoms. The molecule has 5 nitrogen and oxygen atoms in total. The highest BCUT2D eigenvalue weighted by Crippen LogP contribution is 2.28. The number of nitrogens with zero attached hydrogens (tertiary/aromatic N) is 2. The zero-order chi connectivity index (χ0) is 12.4. The number of phenols is 1. The maximum atomic E-state index is 10.7. The lowest BCUT2D eigenvalue weighted by Gasteiger charge is -2.03. The van der Waals surface area contributed by atoms with E-state index in [9.17, 15) is 15.2 Å². The Balaban J connectivity index is 2.56. The molecule has 1 heterocycles. The molecule has 1 aromatic heterocycles. The summed E-state index contributed by atoms with van der Waals surface area (Å²) < 4.78 is 0. The van der Waals surface area contributed by atoms with Gasteiger partial charge in [-0.25, -0.2) is 0 Å². The number of aryl methyl sites for hydroxylation is 1. The molecule has 0 fully saturated rings. The molecule has 0 radical (unpaired) electrons. The number of nitro benzene ring substituents is 1. The van der Waals surface area contributed by atoms with Crippen LogP contribution in [0.1, 0.15) is 5.69 Å². The van der Waals surface area contributed by atoms with E-state index >= 15 is 0 Å². The van der Waals surface area contributed by atoms with Gasteiger partial charge < -0.3 is 5.11 Å². The molecule has 2 aromatic rings. The molecule has 5 heteroatoms. The van der Waals surface area contributed by atoms with Crippen molar-refractivity contribution in [1.82, 2.24) is 4.98 Å². The highest BCUT2D eigenvalue weighted by Gasteiger charge is 2.10. The van der Waals surface area contributed by atoms with Crippen LogP contribution in [0, 0.1) is 17.0 Å². The maximum Gasteiger partial charge on any atom is 0.273 e. The van der Waals surface area contributed by atoms with Crippen LogP contribution in [0.3, 0.4) is 0 Å². The molecule has 0 unspecified atom stereocenters. The predicted octanol–water partition coefficient (Wildman–Crippen LogP) is 2.67. The Kier molecular flexibility index (Phi) is 2.74. The van der Waals surface area contributed by atoms with E-state index in [0.717, 1.165) is 17.3 Å². The Labute approximate surface area is 97.5 Å². The molecule has 1 N–H and O–H groups in total. The number of benzene rings is 1. The summed E-state index contributed by atoms with van der Waals surface area (Å²) in [6.45, 7) is 1.83. The number of aromatic hydroxyl groups is 1. The Morgan fingerprint density at radius 1 is 1.24 bits per heavy atom. The van der Waals surface area contributed by atoms with Crippen LogP contribution in [0.25, 0.3) is 11.1 Å². The molecular formula is C12H10N2O3. The van der Waals surface area contributed by atoms with Gasteiger partial charge in [-0.2, -0.15) is 0 Å². The van der Waals surface area contributed by atoms with Crippen LogP contribution in [0.5, 0.6) is 5.75 Å². The monoisotopic (exact) mass is 230 g/mol. The summed E-state index contributed by atoms with van der Waals surface area (Å²) >= 11 is 0. The van der Waals surface area contributed by atoms with E-state index in [0.29, 0.717) is 5.56 Å². The average Bonchev–Trinajstić information content (AvgIpc) is 2.28. The zero-order valence-corrected chi connectivity index (χ0v) is 9.12. The van der Waals surface area contributed by atoms with Crippen molar-refractivity contribution in [2.75, 3.05) is 0 Å². The lowest BCUT2D eigenvalue weighted by Crippen LogP contribution is -1.89. The van der Waals surface area contributed by atoms with Gasteiger partial charge in [-0.3, -0.25) is 15.1 Å². The van der Waals surface area contributed by atoms with E-state index in [2.05, 4.69) is 4.98 Å². The van der Waals surface area contributed by atoms with Gasteiger partial charge in [-0.1, -0.05) is 0 Å². The molecule has 0 saturated heterocycles. The second-order valence-electron chi connectivity index (χ2n) is 3.68. The first-order chi connectivity index (χ1) is 8.06. The van der Waals surface area contributed by atoms with Crippen molar-refractivity contribution in [3.8, 4) is 16.9 Å². The van der Waals surface area contributed by atoms with Gasteiger partial charge >= 0.3 is 0 Å². The number of nitro groups is 1. The number of hydrogen-bond acceptors (Lipinski definition) is 4. The van der Waals surface area contributed by atoms with E-state index in [1.807, 2.05) is 6.92 Å². The first kappa shape index (κ1) is 11.1. The van der Waals surface area contributed by atoms with Crippen molar-refractivity contribution >= 4 is 5.69 Å². The number of pyridine rings is 1. The van der Waals surface area contributed by atoms with Crippen LogP contribution in [0.4, 0.5) is 5.69 Å². The molecule has 86 valence electrons. The second kappa shape index (κ2) is 4.21. The fourth-order valence-electron chi connectivity index (χ4n) is 1.59. The van der Waals surface area contributed by atoms with Crippen molar-refractivity contribution in [3.05, 3.63) is 52.3 Å². The molecule has 0 saturated carbocycles. The van der Waals surface area contributed by atoms with Crippen molar-refractivity contribution in [2.45, 2.75) is 6.92 Å². The first-order valence-electron chi connectivity index (χ1n) is 4.98. The lowest BCUT2D eigenvalue weighted by molar-refractivity contribution is -0.384.